The summed E-state index contributed by atoms with van der Waals surface area (Å²) in [6, 6.07) is 0. The van der Waals surface area contributed by atoms with Crippen LogP contribution in [0.5, 0.6) is 0 Å². The highest BCUT2D eigenvalue weighted by Crippen LogP contribution is 2.39. The molecule has 0 aromatic carbocycles. The molecular formula is C10H21B2O3P2S. The average Bonchev–Trinajstić information content (AvgIpc) is 2.39. The Morgan fingerprint density at radius 3 is 2.94 bits per heavy atom. The SMILES string of the molecule is [2H]P([B][3H])SOCC1O[C@@H](C)C(OP([B])C)[C@@H](C)[C@H]1C. The molecule has 0 bridgehead atoms. The molecule has 0 spiro atoms. The summed E-state index contributed by atoms with van der Waals surface area (Å²) in [5, 5.41) is 0. The van der Waals surface area contributed by atoms with Gasteiger partial charge in [0.1, 0.15) is 15.1 Å². The molecule has 0 aliphatic carbocycles. The van der Waals surface area contributed by atoms with E-state index in [-0.39, 0.29) is 18.3 Å². The minimum absolute atomic E-state index is 0.0117. The Balaban J connectivity index is 2.48. The van der Waals surface area contributed by atoms with Gasteiger partial charge in [0.05, 0.1) is 26.2 Å². The van der Waals surface area contributed by atoms with E-state index in [4.69, 9.17) is 23.6 Å². The van der Waals surface area contributed by atoms with E-state index in [2.05, 4.69) is 13.8 Å². The minimum Gasteiger partial charge on any atom is -0.370 e. The van der Waals surface area contributed by atoms with E-state index in [9.17, 15) is 0 Å². The lowest BCUT2D eigenvalue weighted by atomic mass is 9.82. The van der Waals surface area contributed by atoms with Crippen molar-refractivity contribution in [2.24, 2.45) is 11.8 Å². The molecule has 101 valence electrons. The normalized spacial score (nSPS) is 41.7. The van der Waals surface area contributed by atoms with Gasteiger partial charge < -0.3 is 13.4 Å². The fourth-order valence-electron chi connectivity index (χ4n) is 2.24. The summed E-state index contributed by atoms with van der Waals surface area (Å²) >= 11 is 1.05. The highest BCUT2D eigenvalue weighted by atomic mass is 32.7. The van der Waals surface area contributed by atoms with Crippen LogP contribution in [0.3, 0.4) is 0 Å². The first-order valence-corrected chi connectivity index (χ1v) is 10.1. The maximum Gasteiger partial charge on any atom is 0.148 e. The van der Waals surface area contributed by atoms with Crippen LogP contribution in [0.4, 0.5) is 0 Å². The number of ether oxygens (including phenoxy) is 1. The molecule has 1 saturated heterocycles. The number of hydrogen-bond donors (Lipinski definition) is 0. The van der Waals surface area contributed by atoms with Crippen molar-refractivity contribution in [2.75, 3.05) is 13.3 Å². The zero-order valence-electron chi connectivity index (χ0n) is 13.3. The second-order valence-electron chi connectivity index (χ2n) is 4.68. The molecule has 18 heavy (non-hydrogen) atoms. The number of rotatable bonds is 7. The summed E-state index contributed by atoms with van der Waals surface area (Å²) in [7, 11) is 4.71. The Kier molecular flexibility index (Phi) is 6.69. The predicted octanol–water partition coefficient (Wildman–Crippen LogP) is 2.62. The third kappa shape index (κ3) is 4.96. The molecule has 4 unspecified atom stereocenters. The molecule has 1 aliphatic heterocycles. The Morgan fingerprint density at radius 1 is 1.61 bits per heavy atom. The Morgan fingerprint density at radius 2 is 2.33 bits per heavy atom. The molecule has 0 amide bonds. The van der Waals surface area contributed by atoms with Crippen molar-refractivity contribution in [1.29, 1.82) is 2.61 Å². The highest BCUT2D eigenvalue weighted by Gasteiger charge is 2.40. The zero-order chi connectivity index (χ0) is 15.3. The largest absolute Gasteiger partial charge is 0.370 e. The van der Waals surface area contributed by atoms with Crippen molar-refractivity contribution in [1.82, 2.24) is 0 Å². The predicted molar refractivity (Wildman–Crippen MR) is 85.1 cm³/mol. The maximum absolute atomic E-state index is 7.46. The van der Waals surface area contributed by atoms with E-state index in [1.807, 2.05) is 13.6 Å². The first-order valence-electron chi connectivity index (χ1n) is 6.99. The van der Waals surface area contributed by atoms with E-state index in [1.165, 1.54) is 0 Å². The summed E-state index contributed by atoms with van der Waals surface area (Å²) in [5.74, 6) is 0.634. The summed E-state index contributed by atoms with van der Waals surface area (Å²) in [6.45, 7) is 8.60. The van der Waals surface area contributed by atoms with Crippen molar-refractivity contribution in [2.45, 2.75) is 39.1 Å². The second kappa shape index (κ2) is 8.49. The van der Waals surface area contributed by atoms with Gasteiger partial charge in [0.2, 0.25) is 0 Å². The Hall–Kier alpha value is 1.22. The van der Waals surface area contributed by atoms with Crippen LogP contribution < -0.4 is 0 Å². The van der Waals surface area contributed by atoms with Crippen LogP contribution >= 0.6 is 27.3 Å². The van der Waals surface area contributed by atoms with E-state index in [0.717, 1.165) is 19.2 Å². The van der Waals surface area contributed by atoms with E-state index in [1.54, 1.807) is 0 Å². The van der Waals surface area contributed by atoms with E-state index < -0.39 is 15.6 Å². The molecule has 0 N–H and O–H groups in total. The second-order valence-corrected chi connectivity index (χ2v) is 7.66. The molecule has 7 atom stereocenters. The van der Waals surface area contributed by atoms with Gasteiger partial charge in [-0.2, -0.15) is 0 Å². The van der Waals surface area contributed by atoms with Gasteiger partial charge in [0.25, 0.3) is 0 Å². The van der Waals surface area contributed by atoms with Crippen LogP contribution in [0.15, 0.2) is 0 Å². The molecule has 8 heteroatoms. The fourth-order valence-corrected chi connectivity index (χ4v) is 3.60. The average molecular weight is 308 g/mol. The van der Waals surface area contributed by atoms with Crippen LogP contribution in [0.25, 0.3) is 0 Å². The molecule has 1 fully saturated rings. The van der Waals surface area contributed by atoms with E-state index >= 15 is 0 Å². The standard InChI is InChI=1S/C10H21B2O3P2S/c1-6-7(2)10(15-17(4)12)8(3)14-9(6)5-13-18-16-11/h6-11,16H,5H2,1-4H3/t6-,7+,8+,9?,10?,16?,17?/m1/s1/i11T,16D. The molecule has 1 heterocycles. The van der Waals surface area contributed by atoms with Gasteiger partial charge >= 0.3 is 0 Å². The lowest BCUT2D eigenvalue weighted by Gasteiger charge is -2.44. The van der Waals surface area contributed by atoms with Crippen LogP contribution in [0, 0.1) is 11.8 Å². The summed E-state index contributed by atoms with van der Waals surface area (Å²) in [5.41, 5.74) is 0. The van der Waals surface area contributed by atoms with Crippen molar-refractivity contribution in [3.8, 4) is 0 Å². The van der Waals surface area contributed by atoms with Crippen molar-refractivity contribution in [3.63, 3.8) is 0 Å². The fraction of sp³-hybridized carbons (Fsp3) is 1.00. The van der Waals surface area contributed by atoms with E-state index in [0.29, 0.717) is 18.4 Å². The van der Waals surface area contributed by atoms with Gasteiger partial charge in [-0.15, -0.1) is 0 Å². The minimum atomic E-state index is -1.27. The Bertz CT molecular complexity index is 297. The summed E-state index contributed by atoms with van der Waals surface area (Å²) < 4.78 is 31.7. The summed E-state index contributed by atoms with van der Waals surface area (Å²) in [4.78, 5) is 0. The van der Waals surface area contributed by atoms with Crippen molar-refractivity contribution in [3.05, 3.63) is 0 Å². The molecule has 0 aromatic rings. The van der Waals surface area contributed by atoms with Crippen molar-refractivity contribution < 1.29 is 13.4 Å². The van der Waals surface area contributed by atoms with Gasteiger partial charge in [-0.05, 0) is 34.8 Å². The van der Waals surface area contributed by atoms with Gasteiger partial charge in [-0.1, -0.05) is 21.5 Å². The molecule has 0 aromatic heterocycles. The van der Waals surface area contributed by atoms with Crippen molar-refractivity contribution >= 4 is 42.4 Å². The van der Waals surface area contributed by atoms with Crippen LogP contribution in [-0.2, 0) is 13.4 Å². The molecule has 0 saturated carbocycles. The molecule has 3 nitrogen and oxygen atoms in total. The van der Waals surface area contributed by atoms with Gasteiger partial charge in [0, 0.05) is 11.7 Å². The molecule has 3 radical (unpaired) electrons. The monoisotopic (exact) mass is 308 g/mol. The lowest BCUT2D eigenvalue weighted by Crippen LogP contribution is -2.49. The van der Waals surface area contributed by atoms with Gasteiger partial charge in [-0.3, -0.25) is 0 Å². The zero-order valence-corrected chi connectivity index (χ0v) is 13.9. The third-order valence-electron chi connectivity index (χ3n) is 3.40. The smallest absolute Gasteiger partial charge is 0.148 e. The van der Waals surface area contributed by atoms with Crippen LogP contribution in [-0.4, -0.2) is 49.3 Å². The molecule has 1 aliphatic rings. The van der Waals surface area contributed by atoms with Crippen LogP contribution in [0.1, 0.15) is 20.8 Å². The highest BCUT2D eigenvalue weighted by molar-refractivity contribution is 8.53. The lowest BCUT2D eigenvalue weighted by molar-refractivity contribution is -0.157. The molecular weight excluding hydrogens is 284 g/mol. The van der Waals surface area contributed by atoms with Crippen LogP contribution in [0.2, 0.25) is 0 Å². The third-order valence-corrected chi connectivity index (χ3v) is 4.88. The topological polar surface area (TPSA) is 27.7 Å². The first-order chi connectivity index (χ1) is 9.36. The first kappa shape index (κ1) is 14.2. The maximum atomic E-state index is 7.46. The van der Waals surface area contributed by atoms with Gasteiger partial charge in [0.15, 0.2) is 0 Å². The molecule has 1 rings (SSSR count). The van der Waals surface area contributed by atoms with Gasteiger partial charge in [-0.25, -0.2) is 0 Å². The summed E-state index contributed by atoms with van der Waals surface area (Å²) in [6.07, 6.45) is -0.0132. The Labute approximate surface area is 123 Å². The quantitative estimate of drug-likeness (QED) is 0.410. The number of hydrogen-bond acceptors (Lipinski definition) is 4.